The number of imide groups is 1. The highest BCUT2D eigenvalue weighted by Gasteiger charge is 2.44. The van der Waals surface area contributed by atoms with Crippen molar-refractivity contribution in [3.8, 4) is 0 Å². The van der Waals surface area contributed by atoms with Crippen LogP contribution >= 0.6 is 0 Å². The van der Waals surface area contributed by atoms with E-state index < -0.39 is 35.8 Å². The summed E-state index contributed by atoms with van der Waals surface area (Å²) >= 11 is 0. The van der Waals surface area contributed by atoms with Gasteiger partial charge in [-0.2, -0.15) is 0 Å². The summed E-state index contributed by atoms with van der Waals surface area (Å²) in [5.74, 6) is -3.17. The van der Waals surface area contributed by atoms with Gasteiger partial charge in [-0.1, -0.05) is 45.7 Å². The molecular formula is C19H24N2O5. The van der Waals surface area contributed by atoms with E-state index in [2.05, 4.69) is 5.32 Å². The summed E-state index contributed by atoms with van der Waals surface area (Å²) in [6, 6.07) is 4.30. The molecule has 0 saturated heterocycles. The van der Waals surface area contributed by atoms with Crippen LogP contribution in [0.15, 0.2) is 24.3 Å². The van der Waals surface area contributed by atoms with Crippen LogP contribution in [0, 0.1) is 5.92 Å². The van der Waals surface area contributed by atoms with Crippen LogP contribution in [0.5, 0.6) is 0 Å². The molecule has 0 fully saturated rings. The first-order chi connectivity index (χ1) is 12.3. The lowest BCUT2D eigenvalue weighted by molar-refractivity contribution is -0.142. The molecule has 0 aromatic heterocycles. The number of hydrogen-bond donors (Lipinski definition) is 2. The molecule has 0 spiro atoms. The van der Waals surface area contributed by atoms with E-state index in [1.54, 1.807) is 38.1 Å². The Morgan fingerprint density at radius 2 is 1.65 bits per heavy atom. The summed E-state index contributed by atoms with van der Waals surface area (Å²) in [6.45, 7) is 5.36. The van der Waals surface area contributed by atoms with Gasteiger partial charge in [0.25, 0.3) is 11.8 Å². The van der Waals surface area contributed by atoms with E-state index in [-0.39, 0.29) is 17.0 Å². The molecule has 140 valence electrons. The summed E-state index contributed by atoms with van der Waals surface area (Å²) < 4.78 is 0. The van der Waals surface area contributed by atoms with Crippen LogP contribution in [0.4, 0.5) is 0 Å². The van der Waals surface area contributed by atoms with Crippen molar-refractivity contribution >= 4 is 23.7 Å². The zero-order chi connectivity index (χ0) is 19.4. The van der Waals surface area contributed by atoms with Gasteiger partial charge in [-0.15, -0.1) is 0 Å². The topological polar surface area (TPSA) is 104 Å². The van der Waals surface area contributed by atoms with Gasteiger partial charge < -0.3 is 10.4 Å². The standard InChI is InChI=1S/C19H24N2O5/c1-4-5-10-14(19(25)26)20-16(22)15(11(2)3)21-17(23)12-8-6-7-9-13(12)18(21)24/h6-9,11,14-15H,4-5,10H2,1-3H3,(H,20,22)(H,25,26). The summed E-state index contributed by atoms with van der Waals surface area (Å²) in [5.41, 5.74) is 0.522. The molecule has 2 rings (SSSR count). The number of unbranched alkanes of at least 4 members (excludes halogenated alkanes) is 1. The molecule has 2 unspecified atom stereocenters. The van der Waals surface area contributed by atoms with Crippen LogP contribution in [-0.4, -0.2) is 45.8 Å². The molecule has 0 aliphatic carbocycles. The molecule has 0 saturated carbocycles. The second kappa shape index (κ2) is 8.12. The highest BCUT2D eigenvalue weighted by atomic mass is 16.4. The summed E-state index contributed by atoms with van der Waals surface area (Å²) in [5, 5.41) is 11.8. The highest BCUT2D eigenvalue weighted by Crippen LogP contribution is 2.27. The van der Waals surface area contributed by atoms with Crippen LogP contribution in [0.25, 0.3) is 0 Å². The molecule has 1 heterocycles. The smallest absolute Gasteiger partial charge is 0.326 e. The number of aliphatic carboxylic acids is 1. The molecule has 1 aromatic rings. The van der Waals surface area contributed by atoms with Gasteiger partial charge in [0.05, 0.1) is 11.1 Å². The Bertz CT molecular complexity index is 693. The molecule has 1 aliphatic rings. The number of nitrogens with one attached hydrogen (secondary N) is 1. The lowest BCUT2D eigenvalue weighted by Crippen LogP contribution is -2.55. The van der Waals surface area contributed by atoms with Gasteiger partial charge in [0, 0.05) is 0 Å². The van der Waals surface area contributed by atoms with Crippen LogP contribution < -0.4 is 5.32 Å². The lowest BCUT2D eigenvalue weighted by atomic mass is 10.0. The van der Waals surface area contributed by atoms with Crippen molar-refractivity contribution in [2.75, 3.05) is 0 Å². The third-order valence-electron chi connectivity index (χ3n) is 4.46. The highest BCUT2D eigenvalue weighted by molar-refractivity contribution is 6.22. The second-order valence-electron chi connectivity index (χ2n) is 6.76. The van der Waals surface area contributed by atoms with Crippen molar-refractivity contribution in [1.29, 1.82) is 0 Å². The first-order valence-electron chi connectivity index (χ1n) is 8.79. The van der Waals surface area contributed by atoms with E-state index in [9.17, 15) is 24.3 Å². The molecule has 7 heteroatoms. The minimum atomic E-state index is -1.13. The summed E-state index contributed by atoms with van der Waals surface area (Å²) in [6.07, 6.45) is 1.74. The zero-order valence-corrected chi connectivity index (χ0v) is 15.2. The van der Waals surface area contributed by atoms with Crippen LogP contribution in [0.2, 0.25) is 0 Å². The number of rotatable bonds is 8. The third kappa shape index (κ3) is 3.76. The largest absolute Gasteiger partial charge is 0.480 e. The van der Waals surface area contributed by atoms with E-state index >= 15 is 0 Å². The lowest BCUT2D eigenvalue weighted by Gasteiger charge is -2.29. The summed E-state index contributed by atoms with van der Waals surface area (Å²) in [4.78, 5) is 50.4. The molecule has 2 atom stereocenters. The number of carboxylic acid groups (broad SMARTS) is 1. The molecule has 3 amide bonds. The first kappa shape index (κ1) is 19.6. The molecule has 0 radical (unpaired) electrons. The number of nitrogens with zero attached hydrogens (tertiary/aromatic N) is 1. The molecule has 7 nitrogen and oxygen atoms in total. The van der Waals surface area contributed by atoms with Crippen LogP contribution in [0.1, 0.15) is 60.7 Å². The minimum absolute atomic E-state index is 0.261. The Balaban J connectivity index is 2.26. The van der Waals surface area contributed by atoms with E-state index in [1.165, 1.54) is 0 Å². The summed E-state index contributed by atoms with van der Waals surface area (Å²) in [7, 11) is 0. The Morgan fingerprint density at radius 1 is 1.12 bits per heavy atom. The van der Waals surface area contributed by atoms with Crippen LogP contribution in [-0.2, 0) is 9.59 Å². The fourth-order valence-electron chi connectivity index (χ4n) is 3.10. The van der Waals surface area contributed by atoms with Crippen molar-refractivity contribution in [3.05, 3.63) is 35.4 Å². The van der Waals surface area contributed by atoms with Crippen molar-refractivity contribution < 1.29 is 24.3 Å². The van der Waals surface area contributed by atoms with E-state index in [0.29, 0.717) is 12.8 Å². The maximum Gasteiger partial charge on any atom is 0.326 e. The number of benzene rings is 1. The monoisotopic (exact) mass is 360 g/mol. The normalized spacial score (nSPS) is 15.8. The minimum Gasteiger partial charge on any atom is -0.480 e. The molecule has 0 bridgehead atoms. The maximum atomic E-state index is 12.8. The van der Waals surface area contributed by atoms with Crippen molar-refractivity contribution in [1.82, 2.24) is 10.2 Å². The second-order valence-corrected chi connectivity index (χ2v) is 6.76. The van der Waals surface area contributed by atoms with E-state index in [0.717, 1.165) is 11.3 Å². The van der Waals surface area contributed by atoms with Gasteiger partial charge in [-0.25, -0.2) is 4.79 Å². The van der Waals surface area contributed by atoms with Gasteiger partial charge in [0.15, 0.2) is 0 Å². The Hall–Kier alpha value is -2.70. The van der Waals surface area contributed by atoms with Crippen molar-refractivity contribution in [3.63, 3.8) is 0 Å². The predicted octanol–water partition coefficient (Wildman–Crippen LogP) is 2.07. The van der Waals surface area contributed by atoms with Crippen molar-refractivity contribution in [2.45, 2.75) is 52.1 Å². The van der Waals surface area contributed by atoms with Gasteiger partial charge in [-0.3, -0.25) is 19.3 Å². The Morgan fingerprint density at radius 3 is 2.08 bits per heavy atom. The van der Waals surface area contributed by atoms with Gasteiger partial charge in [-0.05, 0) is 24.5 Å². The van der Waals surface area contributed by atoms with E-state index in [4.69, 9.17) is 0 Å². The Labute approximate surface area is 152 Å². The van der Waals surface area contributed by atoms with Crippen LogP contribution in [0.3, 0.4) is 0 Å². The Kier molecular flexibility index (Phi) is 6.13. The molecule has 26 heavy (non-hydrogen) atoms. The fraction of sp³-hybridized carbons (Fsp3) is 0.474. The zero-order valence-electron chi connectivity index (χ0n) is 15.2. The van der Waals surface area contributed by atoms with Gasteiger partial charge in [0.2, 0.25) is 5.91 Å². The fourth-order valence-corrected chi connectivity index (χ4v) is 3.10. The number of carbonyl (C=O) groups excluding carboxylic acids is 3. The molecular weight excluding hydrogens is 336 g/mol. The first-order valence-corrected chi connectivity index (χ1v) is 8.79. The third-order valence-corrected chi connectivity index (χ3v) is 4.46. The SMILES string of the molecule is CCCCC(NC(=O)C(C(C)C)N1C(=O)c2ccccc2C1=O)C(=O)O. The quantitative estimate of drug-likeness (QED) is 0.691. The number of carbonyl (C=O) groups is 4. The number of fused-ring (bicyclic) bond motifs is 1. The predicted molar refractivity (Wildman–Crippen MR) is 94.7 cm³/mol. The van der Waals surface area contributed by atoms with E-state index in [1.807, 2.05) is 6.92 Å². The average molecular weight is 360 g/mol. The van der Waals surface area contributed by atoms with Gasteiger partial charge >= 0.3 is 5.97 Å². The number of amides is 3. The number of hydrogen-bond acceptors (Lipinski definition) is 4. The van der Waals surface area contributed by atoms with Crippen molar-refractivity contribution in [2.24, 2.45) is 5.92 Å². The maximum absolute atomic E-state index is 12.8. The number of carboxylic acids is 1. The molecule has 2 N–H and O–H groups in total. The molecule has 1 aliphatic heterocycles. The van der Waals surface area contributed by atoms with Gasteiger partial charge in [0.1, 0.15) is 12.1 Å². The average Bonchev–Trinajstić information content (AvgIpc) is 2.84. The molecule has 1 aromatic carbocycles.